The molecule has 3 aromatic carbocycles. The Morgan fingerprint density at radius 3 is 2.34 bits per heavy atom. The quantitative estimate of drug-likeness (QED) is 0.246. The second-order valence-corrected chi connectivity index (χ2v) is 11.7. The predicted molar refractivity (Wildman–Crippen MR) is 170 cm³/mol. The van der Waals surface area contributed by atoms with Gasteiger partial charge in [0, 0.05) is 68.7 Å². The lowest BCUT2D eigenvalue weighted by Gasteiger charge is -2.38. The first-order valence-corrected chi connectivity index (χ1v) is 15.1. The summed E-state index contributed by atoms with van der Waals surface area (Å²) in [6, 6.07) is 20.7. The molecule has 0 radical (unpaired) electrons. The summed E-state index contributed by atoms with van der Waals surface area (Å²) in [6.45, 7) is 6.27. The van der Waals surface area contributed by atoms with Crippen LogP contribution in [0.25, 0.3) is 5.57 Å². The molecule has 0 aromatic heterocycles. The van der Waals surface area contributed by atoms with Crippen LogP contribution < -0.4 is 14.5 Å². The highest BCUT2D eigenvalue weighted by molar-refractivity contribution is 6.06. The maximum absolute atomic E-state index is 13.5. The van der Waals surface area contributed by atoms with Gasteiger partial charge in [-0.1, -0.05) is 18.2 Å². The van der Waals surface area contributed by atoms with Gasteiger partial charge in [-0.25, -0.2) is 4.79 Å². The fourth-order valence-electron chi connectivity index (χ4n) is 6.47. The summed E-state index contributed by atoms with van der Waals surface area (Å²) < 4.78 is 5.22. The number of hydrogen-bond donors (Lipinski definition) is 0. The second kappa shape index (κ2) is 12.5. The van der Waals surface area contributed by atoms with Crippen LogP contribution in [0.4, 0.5) is 21.9 Å². The lowest BCUT2D eigenvalue weighted by atomic mass is 10.0. The molecule has 0 saturated carbocycles. The number of ether oxygens (including phenoxy) is 1. The Morgan fingerprint density at radius 1 is 0.955 bits per heavy atom. The minimum atomic E-state index is -0.365. The molecule has 3 amide bonds. The highest BCUT2D eigenvalue weighted by Crippen LogP contribution is 2.32. The van der Waals surface area contributed by atoms with E-state index in [4.69, 9.17) is 4.74 Å². The molecule has 228 valence electrons. The summed E-state index contributed by atoms with van der Waals surface area (Å²) in [6.07, 6.45) is 4.63. The van der Waals surface area contributed by atoms with Gasteiger partial charge in [0.15, 0.2) is 0 Å². The van der Waals surface area contributed by atoms with Crippen LogP contribution in [0.3, 0.4) is 0 Å². The maximum atomic E-state index is 13.5. The number of nitrogens with zero attached hydrogens (tertiary/aromatic N) is 5. The van der Waals surface area contributed by atoms with Crippen molar-refractivity contribution in [2.75, 3.05) is 49.6 Å². The molecule has 10 nitrogen and oxygen atoms in total. The summed E-state index contributed by atoms with van der Waals surface area (Å²) in [5, 5.41) is 11.0. The third kappa shape index (κ3) is 6.03. The van der Waals surface area contributed by atoms with Crippen LogP contribution in [0.1, 0.15) is 36.0 Å². The molecule has 44 heavy (non-hydrogen) atoms. The number of methoxy groups -OCH3 is 1. The Balaban J connectivity index is 1.05. The van der Waals surface area contributed by atoms with Gasteiger partial charge in [0.1, 0.15) is 5.75 Å². The number of anilines is 2. The van der Waals surface area contributed by atoms with E-state index in [1.54, 1.807) is 24.1 Å². The van der Waals surface area contributed by atoms with Crippen molar-refractivity contribution in [3.8, 4) is 5.75 Å². The first-order valence-electron chi connectivity index (χ1n) is 15.1. The lowest BCUT2D eigenvalue weighted by Crippen LogP contribution is -2.52. The molecular weight excluding hydrogens is 558 g/mol. The number of amides is 3. The molecule has 0 bridgehead atoms. The van der Waals surface area contributed by atoms with Gasteiger partial charge in [0.25, 0.3) is 5.69 Å². The number of carbonyl (C=O) groups excluding carboxylic acids is 2. The summed E-state index contributed by atoms with van der Waals surface area (Å²) in [7, 11) is 1.61. The normalized spacial score (nSPS) is 18.1. The van der Waals surface area contributed by atoms with E-state index in [1.807, 2.05) is 49.4 Å². The molecule has 3 heterocycles. The van der Waals surface area contributed by atoms with Crippen molar-refractivity contribution >= 4 is 34.6 Å². The Bertz CT molecular complexity index is 1580. The highest BCUT2D eigenvalue weighted by Gasteiger charge is 2.34. The zero-order valence-electron chi connectivity index (χ0n) is 25.1. The molecule has 0 atom stereocenters. The van der Waals surface area contributed by atoms with Crippen molar-refractivity contribution < 1.29 is 19.2 Å². The molecule has 3 aromatic rings. The van der Waals surface area contributed by atoms with Gasteiger partial charge in [-0.05, 0) is 84.5 Å². The van der Waals surface area contributed by atoms with E-state index in [1.165, 1.54) is 10.5 Å². The first kappa shape index (κ1) is 29.4. The number of hydrogen-bond acceptors (Lipinski definition) is 7. The number of aryl methyl sites for hydroxylation is 1. The fourth-order valence-corrected chi connectivity index (χ4v) is 6.47. The van der Waals surface area contributed by atoms with Crippen molar-refractivity contribution in [2.45, 2.75) is 38.8 Å². The Labute approximate surface area is 257 Å². The molecule has 6 rings (SSSR count). The summed E-state index contributed by atoms with van der Waals surface area (Å²) in [4.78, 5) is 44.8. The van der Waals surface area contributed by atoms with Crippen LogP contribution >= 0.6 is 0 Å². The largest absolute Gasteiger partial charge is 0.497 e. The number of nitro benzene ring substituents is 1. The molecule has 2 fully saturated rings. The first-order chi connectivity index (χ1) is 21.3. The molecule has 3 aliphatic heterocycles. The van der Waals surface area contributed by atoms with E-state index in [0.29, 0.717) is 12.6 Å². The molecule has 0 spiro atoms. The van der Waals surface area contributed by atoms with Crippen molar-refractivity contribution in [3.63, 3.8) is 0 Å². The molecule has 0 unspecified atom stereocenters. The minimum Gasteiger partial charge on any atom is -0.497 e. The zero-order chi connectivity index (χ0) is 30.8. The average molecular weight is 596 g/mol. The number of carbonyl (C=O) groups is 2. The molecule has 2 saturated heterocycles. The number of imide groups is 1. The lowest BCUT2D eigenvalue weighted by molar-refractivity contribution is -0.384. The molecular formula is C34H37N5O5. The minimum absolute atomic E-state index is 0.115. The van der Waals surface area contributed by atoms with Crippen LogP contribution in [0.2, 0.25) is 0 Å². The maximum Gasteiger partial charge on any atom is 0.331 e. The highest BCUT2D eigenvalue weighted by atomic mass is 16.6. The van der Waals surface area contributed by atoms with Crippen LogP contribution in [0, 0.1) is 17.0 Å². The monoisotopic (exact) mass is 595 g/mol. The summed E-state index contributed by atoms with van der Waals surface area (Å²) in [5.74, 6) is 0.570. The Morgan fingerprint density at radius 2 is 1.68 bits per heavy atom. The zero-order valence-corrected chi connectivity index (χ0v) is 25.1. The third-order valence-electron chi connectivity index (χ3n) is 9.02. The predicted octanol–water partition coefficient (Wildman–Crippen LogP) is 5.64. The second-order valence-electron chi connectivity index (χ2n) is 11.7. The Kier molecular flexibility index (Phi) is 8.34. The van der Waals surface area contributed by atoms with Gasteiger partial charge in [0.05, 0.1) is 18.6 Å². The van der Waals surface area contributed by atoms with E-state index in [-0.39, 0.29) is 35.5 Å². The fraction of sp³-hybridized carbons (Fsp3) is 0.353. The standard InChI is InChI=1S/C34H37N5O5/c1-24-21-30(9-12-32(24)37-20-16-33(40)38(34(37)41)22-25-3-10-31(44-2)11-4-25)35-18-14-28(15-19-35)36-17-13-27(23-36)26-5-7-29(8-6-26)39(42)43/h3-13,21,28H,14-20,22-23H2,1-2H3. The van der Waals surface area contributed by atoms with Gasteiger partial charge in [-0.15, -0.1) is 0 Å². The van der Waals surface area contributed by atoms with Crippen LogP contribution in [-0.4, -0.2) is 72.5 Å². The van der Waals surface area contributed by atoms with Crippen molar-refractivity contribution in [2.24, 2.45) is 0 Å². The molecule has 0 aliphatic carbocycles. The molecule has 0 N–H and O–H groups in total. The van der Waals surface area contributed by atoms with Crippen molar-refractivity contribution in [1.82, 2.24) is 9.80 Å². The van der Waals surface area contributed by atoms with E-state index < -0.39 is 0 Å². The van der Waals surface area contributed by atoms with Gasteiger partial charge in [-0.2, -0.15) is 0 Å². The van der Waals surface area contributed by atoms with Gasteiger partial charge < -0.3 is 9.64 Å². The van der Waals surface area contributed by atoms with Crippen molar-refractivity contribution in [3.05, 3.63) is 99.6 Å². The summed E-state index contributed by atoms with van der Waals surface area (Å²) in [5.41, 5.74) is 6.25. The SMILES string of the molecule is COc1ccc(CN2C(=O)CCN(c3ccc(N4CCC(N5CC=C(c6ccc([N+](=O)[O-])cc6)C5)CC4)cc3C)C2=O)cc1. The number of non-ortho nitro benzene ring substituents is 1. The summed E-state index contributed by atoms with van der Waals surface area (Å²) >= 11 is 0. The number of nitro groups is 1. The smallest absolute Gasteiger partial charge is 0.331 e. The average Bonchev–Trinajstić information content (AvgIpc) is 3.54. The van der Waals surface area contributed by atoms with E-state index in [0.717, 1.165) is 72.8 Å². The third-order valence-corrected chi connectivity index (χ3v) is 9.02. The van der Waals surface area contributed by atoms with Crippen LogP contribution in [-0.2, 0) is 11.3 Å². The molecule has 10 heteroatoms. The molecule has 3 aliphatic rings. The number of rotatable bonds is 8. The van der Waals surface area contributed by atoms with E-state index in [9.17, 15) is 19.7 Å². The number of benzene rings is 3. The van der Waals surface area contributed by atoms with Gasteiger partial charge >= 0.3 is 6.03 Å². The van der Waals surface area contributed by atoms with Gasteiger partial charge in [0.2, 0.25) is 5.91 Å². The van der Waals surface area contributed by atoms with E-state index >= 15 is 0 Å². The number of urea groups is 1. The van der Waals surface area contributed by atoms with Gasteiger partial charge in [-0.3, -0.25) is 29.6 Å². The Hall–Kier alpha value is -4.70. The number of piperidine rings is 1. The van der Waals surface area contributed by atoms with Crippen LogP contribution in [0.15, 0.2) is 72.8 Å². The van der Waals surface area contributed by atoms with E-state index in [2.05, 4.69) is 28.0 Å². The van der Waals surface area contributed by atoms with Crippen LogP contribution in [0.5, 0.6) is 5.75 Å². The van der Waals surface area contributed by atoms with Crippen molar-refractivity contribution in [1.29, 1.82) is 0 Å². The topological polar surface area (TPSA) is 99.5 Å².